The molecule has 1 aliphatic rings. The molecule has 0 unspecified atom stereocenters. The third-order valence-electron chi connectivity index (χ3n) is 5.55. The summed E-state index contributed by atoms with van der Waals surface area (Å²) in [6, 6.07) is 14.5. The fourth-order valence-corrected chi connectivity index (χ4v) is 5.32. The van der Waals surface area contributed by atoms with E-state index in [1.54, 1.807) is 0 Å². The van der Waals surface area contributed by atoms with Gasteiger partial charge < -0.3 is 10.2 Å². The van der Waals surface area contributed by atoms with Gasteiger partial charge in [0.15, 0.2) is 0 Å². The number of halogens is 1. The largest absolute Gasteiger partial charge is 0.371 e. The lowest BCUT2D eigenvalue weighted by molar-refractivity contribution is 0.0955. The number of fused-ring (bicyclic) bond motifs is 1. The highest BCUT2D eigenvalue weighted by atomic mass is 35.5. The van der Waals surface area contributed by atoms with Crippen LogP contribution in [0.1, 0.15) is 40.6 Å². The number of hydrogen-bond acceptors (Lipinski definition) is 3. The van der Waals surface area contributed by atoms with E-state index in [0.29, 0.717) is 16.4 Å². The average Bonchev–Trinajstić information content (AvgIpc) is 3.03. The van der Waals surface area contributed by atoms with Crippen molar-refractivity contribution >= 4 is 44.6 Å². The van der Waals surface area contributed by atoms with Crippen molar-refractivity contribution < 1.29 is 4.79 Å². The summed E-state index contributed by atoms with van der Waals surface area (Å²) in [6.45, 7) is 7.02. The molecule has 0 spiro atoms. The number of thiophene rings is 1. The Morgan fingerprint density at radius 1 is 1.21 bits per heavy atom. The number of rotatable bonds is 4. The Morgan fingerprint density at radius 3 is 2.75 bits per heavy atom. The minimum atomic E-state index is -0.106. The number of amides is 1. The van der Waals surface area contributed by atoms with Crippen molar-refractivity contribution in [3.05, 3.63) is 63.5 Å². The number of piperidine rings is 1. The van der Waals surface area contributed by atoms with Gasteiger partial charge in [-0.15, -0.1) is 11.3 Å². The van der Waals surface area contributed by atoms with Crippen molar-refractivity contribution in [3.63, 3.8) is 0 Å². The van der Waals surface area contributed by atoms with Crippen molar-refractivity contribution in [2.75, 3.05) is 18.0 Å². The van der Waals surface area contributed by atoms with Gasteiger partial charge in [0.1, 0.15) is 4.88 Å². The Balaban J connectivity index is 1.51. The molecule has 2 heterocycles. The molecule has 3 nitrogen and oxygen atoms in total. The van der Waals surface area contributed by atoms with E-state index in [4.69, 9.17) is 11.6 Å². The zero-order valence-electron chi connectivity index (χ0n) is 16.3. The minimum Gasteiger partial charge on any atom is -0.371 e. The molecule has 1 saturated heterocycles. The Kier molecular flexibility index (Phi) is 5.61. The molecule has 4 rings (SSSR count). The Hall–Kier alpha value is -2.04. The maximum absolute atomic E-state index is 12.8. The monoisotopic (exact) mass is 412 g/mol. The molecule has 0 saturated carbocycles. The molecular formula is C23H25ClN2OS. The lowest BCUT2D eigenvalue weighted by Gasteiger charge is -2.33. The highest BCUT2D eigenvalue weighted by Gasteiger charge is 2.20. The van der Waals surface area contributed by atoms with Gasteiger partial charge in [0.2, 0.25) is 0 Å². The van der Waals surface area contributed by atoms with Crippen LogP contribution in [0.15, 0.2) is 42.5 Å². The van der Waals surface area contributed by atoms with E-state index in [1.165, 1.54) is 35.4 Å². The van der Waals surface area contributed by atoms with Crippen molar-refractivity contribution in [2.45, 2.75) is 33.2 Å². The van der Waals surface area contributed by atoms with Gasteiger partial charge in [-0.1, -0.05) is 48.9 Å². The van der Waals surface area contributed by atoms with Crippen LogP contribution < -0.4 is 10.2 Å². The Labute approximate surface area is 175 Å². The quantitative estimate of drug-likeness (QED) is 0.567. The first-order valence-electron chi connectivity index (χ1n) is 9.82. The van der Waals surface area contributed by atoms with Gasteiger partial charge in [-0.05, 0) is 48.9 Å². The van der Waals surface area contributed by atoms with Gasteiger partial charge in [0, 0.05) is 35.4 Å². The third-order valence-corrected chi connectivity index (χ3v) is 7.20. The topological polar surface area (TPSA) is 32.3 Å². The number of carbonyl (C=O) groups excluding carboxylic acids is 1. The maximum atomic E-state index is 12.8. The zero-order valence-corrected chi connectivity index (χ0v) is 17.9. The van der Waals surface area contributed by atoms with E-state index in [0.717, 1.165) is 34.7 Å². The summed E-state index contributed by atoms with van der Waals surface area (Å²) in [7, 11) is 0. The van der Waals surface area contributed by atoms with Crippen LogP contribution >= 0.6 is 22.9 Å². The second kappa shape index (κ2) is 8.14. The SMILES string of the molecule is Cc1ccc2c(Cl)c(C(=O)NCc3ccccc3N3CCC(C)CC3)sc2c1. The first-order valence-corrected chi connectivity index (χ1v) is 11.0. The molecule has 0 aliphatic carbocycles. The number of carbonyl (C=O) groups is 1. The van der Waals surface area contributed by atoms with Crippen molar-refractivity contribution in [2.24, 2.45) is 5.92 Å². The summed E-state index contributed by atoms with van der Waals surface area (Å²) < 4.78 is 1.05. The van der Waals surface area contributed by atoms with Crippen LogP contribution in [0.3, 0.4) is 0 Å². The first kappa shape index (κ1) is 19.3. The van der Waals surface area contributed by atoms with Crippen molar-refractivity contribution in [1.82, 2.24) is 5.32 Å². The summed E-state index contributed by atoms with van der Waals surface area (Å²) in [4.78, 5) is 15.9. The molecule has 3 aromatic rings. The van der Waals surface area contributed by atoms with Crippen LogP contribution in [0.2, 0.25) is 5.02 Å². The summed E-state index contributed by atoms with van der Waals surface area (Å²) in [5, 5.41) is 4.58. The smallest absolute Gasteiger partial charge is 0.263 e. The lowest BCUT2D eigenvalue weighted by Crippen LogP contribution is -2.34. The zero-order chi connectivity index (χ0) is 19.7. The summed E-state index contributed by atoms with van der Waals surface area (Å²) in [5.74, 6) is 0.688. The van der Waals surface area contributed by atoms with Crippen LogP contribution in [-0.4, -0.2) is 19.0 Å². The van der Waals surface area contributed by atoms with Crippen LogP contribution in [0, 0.1) is 12.8 Å². The van der Waals surface area contributed by atoms with Crippen LogP contribution in [0.25, 0.3) is 10.1 Å². The molecule has 28 heavy (non-hydrogen) atoms. The molecule has 1 aromatic heterocycles. The average molecular weight is 413 g/mol. The predicted molar refractivity (Wildman–Crippen MR) is 120 cm³/mol. The van der Waals surface area contributed by atoms with Crippen LogP contribution in [-0.2, 0) is 6.54 Å². The molecule has 1 fully saturated rings. The van der Waals surface area contributed by atoms with Gasteiger partial charge in [0.25, 0.3) is 5.91 Å². The fraction of sp³-hybridized carbons (Fsp3) is 0.348. The molecule has 2 aromatic carbocycles. The van der Waals surface area contributed by atoms with E-state index in [2.05, 4.69) is 41.4 Å². The van der Waals surface area contributed by atoms with E-state index in [-0.39, 0.29) is 5.91 Å². The number of nitrogens with zero attached hydrogens (tertiary/aromatic N) is 1. The number of nitrogens with one attached hydrogen (secondary N) is 1. The number of aryl methyl sites for hydroxylation is 1. The molecule has 0 atom stereocenters. The molecule has 0 bridgehead atoms. The molecule has 0 radical (unpaired) electrons. The lowest BCUT2D eigenvalue weighted by atomic mass is 9.98. The molecule has 146 valence electrons. The Bertz CT molecular complexity index is 1010. The van der Waals surface area contributed by atoms with Crippen molar-refractivity contribution in [3.8, 4) is 0 Å². The standard InChI is InChI=1S/C23H25ClN2OS/c1-15-9-11-26(12-10-15)19-6-4-3-5-17(19)14-25-23(27)22-21(24)18-8-7-16(2)13-20(18)28-22/h3-8,13,15H,9-12,14H2,1-2H3,(H,25,27). The molecule has 1 N–H and O–H groups in total. The van der Waals surface area contributed by atoms with Gasteiger partial charge in [0.05, 0.1) is 5.02 Å². The van der Waals surface area contributed by atoms with E-state index in [1.807, 2.05) is 25.1 Å². The summed E-state index contributed by atoms with van der Waals surface area (Å²) >= 11 is 7.95. The van der Waals surface area contributed by atoms with E-state index in [9.17, 15) is 4.79 Å². The number of benzene rings is 2. The fourth-order valence-electron chi connectivity index (χ4n) is 3.79. The van der Waals surface area contributed by atoms with Crippen molar-refractivity contribution in [1.29, 1.82) is 0 Å². The second-order valence-corrected chi connectivity index (χ2v) is 9.16. The second-order valence-electron chi connectivity index (χ2n) is 7.73. The molecular weight excluding hydrogens is 388 g/mol. The van der Waals surface area contributed by atoms with Gasteiger partial charge in [-0.25, -0.2) is 0 Å². The summed E-state index contributed by atoms with van der Waals surface area (Å²) in [5.41, 5.74) is 3.55. The number of hydrogen-bond donors (Lipinski definition) is 1. The highest BCUT2D eigenvalue weighted by Crippen LogP contribution is 2.36. The highest BCUT2D eigenvalue weighted by molar-refractivity contribution is 7.21. The third kappa shape index (κ3) is 3.89. The first-order chi connectivity index (χ1) is 13.5. The maximum Gasteiger partial charge on any atom is 0.263 e. The van der Waals surface area contributed by atoms with E-state index < -0.39 is 0 Å². The van der Waals surface area contributed by atoms with Crippen LogP contribution in [0.5, 0.6) is 0 Å². The molecule has 1 aliphatic heterocycles. The summed E-state index contributed by atoms with van der Waals surface area (Å²) in [6.07, 6.45) is 2.44. The molecule has 5 heteroatoms. The van der Waals surface area contributed by atoms with Gasteiger partial charge in [-0.2, -0.15) is 0 Å². The van der Waals surface area contributed by atoms with E-state index >= 15 is 0 Å². The van der Waals surface area contributed by atoms with Gasteiger partial charge in [-0.3, -0.25) is 4.79 Å². The number of para-hydroxylation sites is 1. The molecule has 1 amide bonds. The minimum absolute atomic E-state index is 0.106. The Morgan fingerprint density at radius 2 is 1.96 bits per heavy atom. The predicted octanol–water partition coefficient (Wildman–Crippen LogP) is 6.03. The van der Waals surface area contributed by atoms with Gasteiger partial charge >= 0.3 is 0 Å². The number of anilines is 1. The van der Waals surface area contributed by atoms with Crippen LogP contribution in [0.4, 0.5) is 5.69 Å². The normalized spacial score (nSPS) is 15.2.